The van der Waals surface area contributed by atoms with Gasteiger partial charge in [0.2, 0.25) is 5.91 Å². The Hall–Kier alpha value is -2.62. The van der Waals surface area contributed by atoms with Gasteiger partial charge in [0.15, 0.2) is 0 Å². The van der Waals surface area contributed by atoms with Crippen LogP contribution in [0.25, 0.3) is 0 Å². The number of fused-ring (bicyclic) bond motifs is 1. The van der Waals surface area contributed by atoms with Gasteiger partial charge < -0.3 is 10.0 Å². The Morgan fingerprint density at radius 1 is 0.926 bits per heavy atom. The first-order chi connectivity index (χ1) is 13.1. The molecule has 2 aromatic rings. The van der Waals surface area contributed by atoms with E-state index in [0.717, 1.165) is 12.8 Å². The van der Waals surface area contributed by atoms with Crippen molar-refractivity contribution >= 4 is 11.9 Å². The summed E-state index contributed by atoms with van der Waals surface area (Å²) in [5.41, 5.74) is 3.70. The molecule has 0 aromatic heterocycles. The Balaban J connectivity index is 1.59. The van der Waals surface area contributed by atoms with Crippen LogP contribution in [-0.4, -0.2) is 28.4 Å². The molecule has 1 saturated carbocycles. The van der Waals surface area contributed by atoms with E-state index in [2.05, 4.69) is 30.3 Å². The van der Waals surface area contributed by atoms with Crippen LogP contribution in [-0.2, 0) is 16.1 Å². The lowest BCUT2D eigenvalue weighted by Crippen LogP contribution is -2.43. The van der Waals surface area contributed by atoms with Crippen molar-refractivity contribution in [2.24, 2.45) is 11.8 Å². The number of carbonyl (C=O) groups excluding carboxylic acids is 1. The highest BCUT2D eigenvalue weighted by Crippen LogP contribution is 2.36. The van der Waals surface area contributed by atoms with Crippen molar-refractivity contribution in [1.29, 1.82) is 0 Å². The molecule has 140 valence electrons. The fourth-order valence-corrected chi connectivity index (χ4v) is 4.64. The molecule has 0 radical (unpaired) electrons. The summed E-state index contributed by atoms with van der Waals surface area (Å²) >= 11 is 0. The zero-order valence-electron chi connectivity index (χ0n) is 15.4. The normalized spacial score (nSPS) is 24.9. The van der Waals surface area contributed by atoms with Crippen molar-refractivity contribution in [3.05, 3.63) is 71.3 Å². The van der Waals surface area contributed by atoms with Gasteiger partial charge in [0.05, 0.1) is 5.92 Å². The maximum Gasteiger partial charge on any atom is 0.306 e. The molecule has 2 aromatic carbocycles. The van der Waals surface area contributed by atoms with Crippen molar-refractivity contribution in [3.8, 4) is 0 Å². The summed E-state index contributed by atoms with van der Waals surface area (Å²) in [6, 6.07) is 18.7. The first-order valence-electron chi connectivity index (χ1n) is 9.78. The average molecular weight is 363 g/mol. The van der Waals surface area contributed by atoms with E-state index in [1.807, 2.05) is 29.2 Å². The van der Waals surface area contributed by atoms with Crippen LogP contribution >= 0.6 is 0 Å². The molecule has 27 heavy (non-hydrogen) atoms. The second-order valence-electron chi connectivity index (χ2n) is 7.78. The van der Waals surface area contributed by atoms with Crippen LogP contribution in [0.4, 0.5) is 0 Å². The van der Waals surface area contributed by atoms with Crippen LogP contribution in [0.3, 0.4) is 0 Å². The Bertz CT molecular complexity index is 833. The highest BCUT2D eigenvalue weighted by molar-refractivity contribution is 5.81. The number of carboxylic acid groups (broad SMARTS) is 1. The first kappa shape index (κ1) is 17.8. The molecule has 3 atom stereocenters. The van der Waals surface area contributed by atoms with Gasteiger partial charge in [0.1, 0.15) is 0 Å². The molecule has 1 aliphatic heterocycles. The van der Waals surface area contributed by atoms with Crippen LogP contribution in [0.1, 0.15) is 48.3 Å². The summed E-state index contributed by atoms with van der Waals surface area (Å²) in [7, 11) is 0. The van der Waals surface area contributed by atoms with Gasteiger partial charge in [-0.3, -0.25) is 9.59 Å². The molecule has 4 rings (SSSR count). The van der Waals surface area contributed by atoms with Crippen molar-refractivity contribution in [2.45, 2.75) is 38.1 Å². The number of aliphatic carboxylic acids is 1. The molecular formula is C23H25NO3. The third-order valence-electron chi connectivity index (χ3n) is 6.08. The highest BCUT2D eigenvalue weighted by Gasteiger charge is 2.36. The third kappa shape index (κ3) is 3.61. The predicted molar refractivity (Wildman–Crippen MR) is 103 cm³/mol. The molecule has 1 amide bonds. The minimum atomic E-state index is -0.765. The van der Waals surface area contributed by atoms with E-state index in [1.165, 1.54) is 16.7 Å². The zero-order chi connectivity index (χ0) is 18.8. The number of benzene rings is 2. The Morgan fingerprint density at radius 3 is 2.41 bits per heavy atom. The lowest BCUT2D eigenvalue weighted by atomic mass is 9.79. The van der Waals surface area contributed by atoms with Crippen LogP contribution < -0.4 is 0 Å². The Labute approximate surface area is 159 Å². The SMILES string of the molecule is O=C(O)C1CCCC(C(=O)N2Cc3ccccc3C(c3ccccc3)C2)C1. The standard InChI is InChI=1S/C23H25NO3/c25-22(17-10-6-11-18(13-17)23(26)27)24-14-19-9-4-5-12-20(19)21(15-24)16-7-2-1-3-8-16/h1-5,7-9,12,17-18,21H,6,10-11,13-15H2,(H,26,27). The van der Waals surface area contributed by atoms with Crippen molar-refractivity contribution in [2.75, 3.05) is 6.54 Å². The molecule has 1 fully saturated rings. The predicted octanol–water partition coefficient (Wildman–Crippen LogP) is 4.05. The van der Waals surface area contributed by atoms with E-state index in [0.29, 0.717) is 25.9 Å². The molecule has 0 saturated heterocycles. The number of carboxylic acids is 1. The van der Waals surface area contributed by atoms with E-state index in [4.69, 9.17) is 0 Å². The first-order valence-corrected chi connectivity index (χ1v) is 9.78. The van der Waals surface area contributed by atoms with Gasteiger partial charge in [0, 0.05) is 24.9 Å². The largest absolute Gasteiger partial charge is 0.481 e. The summed E-state index contributed by atoms with van der Waals surface area (Å²) in [5.74, 6) is -1.02. The van der Waals surface area contributed by atoms with E-state index in [1.54, 1.807) is 0 Å². The quantitative estimate of drug-likeness (QED) is 0.895. The van der Waals surface area contributed by atoms with Gasteiger partial charge in [-0.2, -0.15) is 0 Å². The fraction of sp³-hybridized carbons (Fsp3) is 0.391. The van der Waals surface area contributed by atoms with Crippen LogP contribution in [0, 0.1) is 11.8 Å². The molecule has 3 unspecified atom stereocenters. The minimum Gasteiger partial charge on any atom is -0.481 e. The summed E-state index contributed by atoms with van der Waals surface area (Å²) in [4.78, 5) is 26.6. The minimum absolute atomic E-state index is 0.122. The fourth-order valence-electron chi connectivity index (χ4n) is 4.64. The van der Waals surface area contributed by atoms with Crippen molar-refractivity contribution in [1.82, 2.24) is 4.90 Å². The molecule has 1 heterocycles. The van der Waals surface area contributed by atoms with Gasteiger partial charge in [-0.25, -0.2) is 0 Å². The smallest absolute Gasteiger partial charge is 0.306 e. The van der Waals surface area contributed by atoms with Gasteiger partial charge >= 0.3 is 5.97 Å². The molecule has 0 bridgehead atoms. The number of rotatable bonds is 3. The van der Waals surface area contributed by atoms with Gasteiger partial charge in [0.25, 0.3) is 0 Å². The Kier molecular flexibility index (Phi) is 4.97. The van der Waals surface area contributed by atoms with Crippen molar-refractivity contribution in [3.63, 3.8) is 0 Å². The number of hydrogen-bond acceptors (Lipinski definition) is 2. The second-order valence-corrected chi connectivity index (χ2v) is 7.78. The van der Waals surface area contributed by atoms with Gasteiger partial charge in [-0.1, -0.05) is 61.0 Å². The average Bonchev–Trinajstić information content (AvgIpc) is 2.73. The number of carbonyl (C=O) groups is 2. The van der Waals surface area contributed by atoms with E-state index < -0.39 is 5.97 Å². The number of amides is 1. The van der Waals surface area contributed by atoms with E-state index in [-0.39, 0.29) is 23.7 Å². The molecule has 1 N–H and O–H groups in total. The van der Waals surface area contributed by atoms with Crippen molar-refractivity contribution < 1.29 is 14.7 Å². The molecule has 4 heteroatoms. The lowest BCUT2D eigenvalue weighted by molar-refractivity contribution is -0.145. The van der Waals surface area contributed by atoms with Gasteiger partial charge in [-0.05, 0) is 36.0 Å². The number of nitrogens with zero attached hydrogens (tertiary/aromatic N) is 1. The molecular weight excluding hydrogens is 338 g/mol. The Morgan fingerprint density at radius 2 is 1.63 bits per heavy atom. The monoisotopic (exact) mass is 363 g/mol. The maximum absolute atomic E-state index is 13.2. The third-order valence-corrected chi connectivity index (χ3v) is 6.08. The summed E-state index contributed by atoms with van der Waals surface area (Å²) in [5, 5.41) is 9.34. The molecule has 1 aliphatic carbocycles. The van der Waals surface area contributed by atoms with Crippen LogP contribution in [0.5, 0.6) is 0 Å². The maximum atomic E-state index is 13.2. The van der Waals surface area contributed by atoms with Crippen LogP contribution in [0.15, 0.2) is 54.6 Å². The van der Waals surface area contributed by atoms with Gasteiger partial charge in [-0.15, -0.1) is 0 Å². The highest BCUT2D eigenvalue weighted by atomic mass is 16.4. The molecule has 4 nitrogen and oxygen atoms in total. The second kappa shape index (κ2) is 7.55. The van der Waals surface area contributed by atoms with E-state index >= 15 is 0 Å². The van der Waals surface area contributed by atoms with E-state index in [9.17, 15) is 14.7 Å². The zero-order valence-corrected chi connectivity index (χ0v) is 15.4. The molecule has 2 aliphatic rings. The molecule has 0 spiro atoms. The number of hydrogen-bond donors (Lipinski definition) is 1. The summed E-state index contributed by atoms with van der Waals surface area (Å²) in [6.45, 7) is 1.28. The summed E-state index contributed by atoms with van der Waals surface area (Å²) < 4.78 is 0. The summed E-state index contributed by atoms with van der Waals surface area (Å²) in [6.07, 6.45) is 2.79. The van der Waals surface area contributed by atoms with Crippen LogP contribution in [0.2, 0.25) is 0 Å². The topological polar surface area (TPSA) is 57.6 Å². The lowest BCUT2D eigenvalue weighted by Gasteiger charge is -2.38.